The Labute approximate surface area is 118 Å². The molecule has 1 atom stereocenters. The van der Waals surface area contributed by atoms with Gasteiger partial charge in [0, 0.05) is 0 Å². The van der Waals surface area contributed by atoms with Crippen LogP contribution in [0.15, 0.2) is 41.1 Å². The van der Waals surface area contributed by atoms with E-state index in [1.165, 1.54) is 24.3 Å². The highest BCUT2D eigenvalue weighted by molar-refractivity contribution is 7.07. The van der Waals surface area contributed by atoms with Gasteiger partial charge in [-0.3, -0.25) is 0 Å². The second kappa shape index (κ2) is 6.28. The van der Waals surface area contributed by atoms with Crippen molar-refractivity contribution < 1.29 is 23.0 Å². The van der Waals surface area contributed by atoms with Crippen LogP contribution in [-0.2, 0) is 12.8 Å². The summed E-state index contributed by atoms with van der Waals surface area (Å²) >= 11 is 1.56. The fraction of sp³-hybridized carbons (Fsp3) is 0.286. The van der Waals surface area contributed by atoms with Crippen LogP contribution in [0, 0.1) is 0 Å². The van der Waals surface area contributed by atoms with Gasteiger partial charge in [0.15, 0.2) is 0 Å². The van der Waals surface area contributed by atoms with Crippen LogP contribution in [0.25, 0.3) is 0 Å². The molecule has 2 aromatic rings. The van der Waals surface area contributed by atoms with Crippen molar-refractivity contribution in [1.82, 2.24) is 0 Å². The van der Waals surface area contributed by atoms with E-state index in [0.29, 0.717) is 12.8 Å². The highest BCUT2D eigenvalue weighted by Gasteiger charge is 2.30. The minimum absolute atomic E-state index is 0.256. The molecule has 1 N–H and O–H groups in total. The molecule has 2 nitrogen and oxygen atoms in total. The van der Waals surface area contributed by atoms with Gasteiger partial charge in [-0.2, -0.15) is 11.3 Å². The first-order valence-electron chi connectivity index (χ1n) is 5.96. The van der Waals surface area contributed by atoms with Crippen molar-refractivity contribution >= 4 is 11.3 Å². The Kier molecular flexibility index (Phi) is 4.67. The maximum absolute atomic E-state index is 12.0. The SMILES string of the molecule is OC(Cc1ccc(OC(F)(F)F)cc1)Cc1ccsc1. The maximum atomic E-state index is 12.0. The van der Waals surface area contributed by atoms with E-state index in [9.17, 15) is 18.3 Å². The normalized spacial score (nSPS) is 13.2. The summed E-state index contributed by atoms with van der Waals surface area (Å²) in [7, 11) is 0. The van der Waals surface area contributed by atoms with Gasteiger partial charge in [-0.15, -0.1) is 13.2 Å². The smallest absolute Gasteiger partial charge is 0.406 e. The van der Waals surface area contributed by atoms with Crippen molar-refractivity contribution in [2.24, 2.45) is 0 Å². The molecule has 6 heteroatoms. The lowest BCUT2D eigenvalue weighted by Gasteiger charge is -2.11. The zero-order valence-electron chi connectivity index (χ0n) is 10.4. The Morgan fingerprint density at radius 1 is 1.05 bits per heavy atom. The fourth-order valence-electron chi connectivity index (χ4n) is 1.85. The largest absolute Gasteiger partial charge is 0.573 e. The number of halogens is 3. The molecule has 0 saturated heterocycles. The van der Waals surface area contributed by atoms with E-state index in [4.69, 9.17) is 0 Å². The van der Waals surface area contributed by atoms with Gasteiger partial charge >= 0.3 is 6.36 Å². The summed E-state index contributed by atoms with van der Waals surface area (Å²) in [6.07, 6.45) is -4.31. The Morgan fingerprint density at radius 3 is 2.25 bits per heavy atom. The van der Waals surface area contributed by atoms with Gasteiger partial charge in [0.2, 0.25) is 0 Å². The zero-order valence-corrected chi connectivity index (χ0v) is 11.2. The van der Waals surface area contributed by atoms with Crippen LogP contribution in [-0.4, -0.2) is 17.6 Å². The van der Waals surface area contributed by atoms with Crippen molar-refractivity contribution in [1.29, 1.82) is 0 Å². The Balaban J connectivity index is 1.90. The molecular formula is C14H13F3O2S. The zero-order chi connectivity index (χ0) is 14.6. The molecule has 1 unspecified atom stereocenters. The lowest BCUT2D eigenvalue weighted by molar-refractivity contribution is -0.274. The van der Waals surface area contributed by atoms with Crippen LogP contribution in [0.1, 0.15) is 11.1 Å². The molecule has 1 heterocycles. The number of benzene rings is 1. The molecule has 0 bridgehead atoms. The third kappa shape index (κ3) is 4.86. The van der Waals surface area contributed by atoms with Crippen molar-refractivity contribution in [3.8, 4) is 5.75 Å². The van der Waals surface area contributed by atoms with Crippen LogP contribution in [0.5, 0.6) is 5.75 Å². The molecule has 0 fully saturated rings. The van der Waals surface area contributed by atoms with Crippen molar-refractivity contribution in [3.63, 3.8) is 0 Å². The topological polar surface area (TPSA) is 29.5 Å². The molecular weight excluding hydrogens is 289 g/mol. The standard InChI is InChI=1S/C14H13F3O2S/c15-14(16,17)19-13-3-1-10(2-4-13)7-12(18)8-11-5-6-20-9-11/h1-6,9,12,18H,7-8H2. The maximum Gasteiger partial charge on any atom is 0.573 e. The number of thiophene rings is 1. The minimum atomic E-state index is -4.68. The van der Waals surface area contributed by atoms with Crippen molar-refractivity contribution in [2.75, 3.05) is 0 Å². The van der Waals surface area contributed by atoms with Crippen LogP contribution < -0.4 is 4.74 Å². The molecule has 108 valence electrons. The summed E-state index contributed by atoms with van der Waals surface area (Å²) in [6.45, 7) is 0. The predicted molar refractivity (Wildman–Crippen MR) is 70.9 cm³/mol. The molecule has 0 saturated carbocycles. The molecule has 0 amide bonds. The van der Waals surface area contributed by atoms with Gasteiger partial charge in [-0.25, -0.2) is 0 Å². The van der Waals surface area contributed by atoms with Gasteiger partial charge in [0.05, 0.1) is 6.10 Å². The summed E-state index contributed by atoms with van der Waals surface area (Å²) in [5, 5.41) is 13.8. The third-order valence-corrected chi connectivity index (χ3v) is 3.41. The monoisotopic (exact) mass is 302 g/mol. The third-order valence-electron chi connectivity index (χ3n) is 2.68. The summed E-state index contributed by atoms with van der Waals surface area (Å²) in [6, 6.07) is 7.49. The molecule has 20 heavy (non-hydrogen) atoms. The molecule has 1 aromatic carbocycles. The van der Waals surface area contributed by atoms with E-state index in [2.05, 4.69) is 4.74 Å². The van der Waals surface area contributed by atoms with Gasteiger partial charge in [-0.1, -0.05) is 12.1 Å². The van der Waals surface area contributed by atoms with E-state index in [1.54, 1.807) is 11.3 Å². The molecule has 0 aliphatic carbocycles. The molecule has 0 radical (unpaired) electrons. The number of aliphatic hydroxyl groups excluding tert-OH is 1. The molecule has 0 aliphatic rings. The van der Waals surface area contributed by atoms with Gasteiger partial charge < -0.3 is 9.84 Å². The van der Waals surface area contributed by atoms with Gasteiger partial charge in [0.1, 0.15) is 5.75 Å². The van der Waals surface area contributed by atoms with E-state index in [1.807, 2.05) is 16.8 Å². The van der Waals surface area contributed by atoms with Crippen LogP contribution >= 0.6 is 11.3 Å². The highest BCUT2D eigenvalue weighted by atomic mass is 32.1. The lowest BCUT2D eigenvalue weighted by Crippen LogP contribution is -2.17. The fourth-order valence-corrected chi connectivity index (χ4v) is 2.53. The molecule has 0 spiro atoms. The number of ether oxygens (including phenoxy) is 1. The average molecular weight is 302 g/mol. The predicted octanol–water partition coefficient (Wildman–Crippen LogP) is 3.79. The summed E-state index contributed by atoms with van der Waals surface area (Å²) < 4.78 is 39.8. The van der Waals surface area contributed by atoms with E-state index < -0.39 is 12.5 Å². The highest BCUT2D eigenvalue weighted by Crippen LogP contribution is 2.23. The summed E-state index contributed by atoms with van der Waals surface area (Å²) in [4.78, 5) is 0. The first-order valence-corrected chi connectivity index (χ1v) is 6.90. The van der Waals surface area contributed by atoms with Crippen LogP contribution in [0.3, 0.4) is 0 Å². The lowest BCUT2D eigenvalue weighted by atomic mass is 10.0. The number of aliphatic hydroxyl groups is 1. The number of rotatable bonds is 5. The average Bonchev–Trinajstić information content (AvgIpc) is 2.82. The minimum Gasteiger partial charge on any atom is -0.406 e. The van der Waals surface area contributed by atoms with Gasteiger partial charge in [-0.05, 0) is 52.9 Å². The van der Waals surface area contributed by atoms with Gasteiger partial charge in [0.25, 0.3) is 0 Å². The number of hydrogen-bond donors (Lipinski definition) is 1. The summed E-state index contributed by atoms with van der Waals surface area (Å²) in [5.41, 5.74) is 1.82. The van der Waals surface area contributed by atoms with E-state index in [0.717, 1.165) is 11.1 Å². The van der Waals surface area contributed by atoms with Crippen molar-refractivity contribution in [2.45, 2.75) is 25.3 Å². The molecule has 0 aliphatic heterocycles. The quantitative estimate of drug-likeness (QED) is 0.910. The van der Waals surface area contributed by atoms with Crippen LogP contribution in [0.2, 0.25) is 0 Å². The molecule has 2 rings (SSSR count). The first kappa shape index (κ1) is 14.9. The summed E-state index contributed by atoms with van der Waals surface area (Å²) in [5.74, 6) is -0.256. The Bertz CT molecular complexity index is 520. The van der Waals surface area contributed by atoms with Crippen LogP contribution in [0.4, 0.5) is 13.2 Å². The Hall–Kier alpha value is -1.53. The number of alkyl halides is 3. The number of hydrogen-bond acceptors (Lipinski definition) is 3. The second-order valence-electron chi connectivity index (χ2n) is 4.39. The van der Waals surface area contributed by atoms with E-state index in [-0.39, 0.29) is 5.75 Å². The second-order valence-corrected chi connectivity index (χ2v) is 5.17. The van der Waals surface area contributed by atoms with E-state index >= 15 is 0 Å². The Morgan fingerprint density at radius 2 is 1.70 bits per heavy atom. The molecule has 1 aromatic heterocycles. The first-order chi connectivity index (χ1) is 9.42. The van der Waals surface area contributed by atoms with Crippen molar-refractivity contribution in [3.05, 3.63) is 52.2 Å².